The minimum absolute atomic E-state index is 0.722. The zero-order chi connectivity index (χ0) is 18.5. The van der Waals surface area contributed by atoms with Crippen LogP contribution in [0.1, 0.15) is 24.8 Å². The fourth-order valence-corrected chi connectivity index (χ4v) is 3.76. The molecule has 0 aliphatic carbocycles. The van der Waals surface area contributed by atoms with E-state index in [0.717, 1.165) is 67.7 Å². The van der Waals surface area contributed by atoms with Crippen LogP contribution in [0.2, 0.25) is 0 Å². The van der Waals surface area contributed by atoms with Gasteiger partial charge in [-0.15, -0.1) is 0 Å². The van der Waals surface area contributed by atoms with Gasteiger partial charge in [0.25, 0.3) is 0 Å². The Morgan fingerprint density at radius 1 is 1.00 bits per heavy atom. The smallest absolute Gasteiger partial charge is 0.119 e. The molecule has 0 amide bonds. The van der Waals surface area contributed by atoms with Crippen LogP contribution < -0.4 is 4.74 Å². The number of benzene rings is 2. The first-order valence-electron chi connectivity index (χ1n) is 9.71. The number of aliphatic hydroxyl groups is 1. The molecule has 4 nitrogen and oxygen atoms in total. The van der Waals surface area contributed by atoms with Crippen LogP contribution in [0, 0.1) is 0 Å². The number of ether oxygens (including phenoxy) is 1. The maximum atomic E-state index is 11.1. The van der Waals surface area contributed by atoms with Crippen LogP contribution in [0.5, 0.6) is 5.75 Å². The summed E-state index contributed by atoms with van der Waals surface area (Å²) in [5.41, 5.74) is 1.14. The third-order valence-corrected chi connectivity index (χ3v) is 5.44. The van der Waals surface area contributed by atoms with Crippen LogP contribution in [0.25, 0.3) is 10.9 Å². The Labute approximate surface area is 160 Å². The van der Waals surface area contributed by atoms with Crippen molar-refractivity contribution >= 4 is 10.9 Å². The van der Waals surface area contributed by atoms with E-state index in [1.54, 1.807) is 0 Å². The first-order valence-corrected chi connectivity index (χ1v) is 9.71. The average Bonchev–Trinajstić information content (AvgIpc) is 2.73. The van der Waals surface area contributed by atoms with E-state index in [1.807, 2.05) is 54.7 Å². The van der Waals surface area contributed by atoms with Crippen LogP contribution in [0.15, 0.2) is 66.9 Å². The lowest BCUT2D eigenvalue weighted by Gasteiger charge is -2.38. The first-order chi connectivity index (χ1) is 13.2. The van der Waals surface area contributed by atoms with E-state index in [4.69, 9.17) is 4.74 Å². The number of rotatable bonds is 6. The van der Waals surface area contributed by atoms with E-state index in [9.17, 15) is 5.11 Å². The van der Waals surface area contributed by atoms with Crippen LogP contribution in [-0.2, 0) is 5.60 Å². The molecule has 1 saturated heterocycles. The van der Waals surface area contributed by atoms with Crippen molar-refractivity contribution in [3.63, 3.8) is 0 Å². The standard InChI is InChI=1S/C23H26N2O2/c26-23(20-17-19-7-4-5-10-22(19)24-18-20)11-14-25(15-12-23)13-6-16-27-21-8-2-1-3-9-21/h1-5,7-10,17-18,26H,6,11-16H2. The maximum Gasteiger partial charge on any atom is 0.119 e. The van der Waals surface area contributed by atoms with Gasteiger partial charge in [-0.2, -0.15) is 0 Å². The van der Waals surface area contributed by atoms with Gasteiger partial charge in [-0.25, -0.2) is 0 Å². The van der Waals surface area contributed by atoms with E-state index < -0.39 is 5.60 Å². The fraction of sp³-hybridized carbons (Fsp3) is 0.348. The van der Waals surface area contributed by atoms with Gasteiger partial charge in [-0.3, -0.25) is 4.98 Å². The highest BCUT2D eigenvalue weighted by atomic mass is 16.5. The van der Waals surface area contributed by atoms with Crippen LogP contribution in [0.3, 0.4) is 0 Å². The Balaban J connectivity index is 1.28. The summed E-state index contributed by atoms with van der Waals surface area (Å²) in [6, 6.07) is 20.1. The molecule has 4 rings (SSSR count). The molecule has 2 aromatic carbocycles. The van der Waals surface area contributed by atoms with E-state index >= 15 is 0 Å². The van der Waals surface area contributed by atoms with E-state index in [0.29, 0.717) is 0 Å². The summed E-state index contributed by atoms with van der Waals surface area (Å²) in [6.45, 7) is 3.52. The number of pyridine rings is 1. The van der Waals surface area contributed by atoms with Crippen LogP contribution in [-0.4, -0.2) is 41.2 Å². The summed E-state index contributed by atoms with van der Waals surface area (Å²) < 4.78 is 5.76. The van der Waals surface area contributed by atoms with Crippen LogP contribution >= 0.6 is 0 Å². The summed E-state index contributed by atoms with van der Waals surface area (Å²) in [6.07, 6.45) is 4.32. The van der Waals surface area contributed by atoms with Crippen molar-refractivity contribution in [2.24, 2.45) is 0 Å². The molecule has 0 atom stereocenters. The summed E-state index contributed by atoms with van der Waals surface area (Å²) in [4.78, 5) is 6.93. The van der Waals surface area contributed by atoms with Gasteiger partial charge in [0.05, 0.1) is 17.7 Å². The zero-order valence-corrected chi connectivity index (χ0v) is 15.6. The predicted molar refractivity (Wildman–Crippen MR) is 108 cm³/mol. The highest BCUT2D eigenvalue weighted by Gasteiger charge is 2.34. The second kappa shape index (κ2) is 8.07. The molecule has 1 aromatic heterocycles. The number of likely N-dealkylation sites (tertiary alicyclic amines) is 1. The normalized spacial score (nSPS) is 17.1. The molecule has 0 radical (unpaired) electrons. The number of aromatic nitrogens is 1. The van der Waals surface area contributed by atoms with Crippen LogP contribution in [0.4, 0.5) is 0 Å². The van der Waals surface area contributed by atoms with Gasteiger partial charge in [0.15, 0.2) is 0 Å². The Kier molecular flexibility index (Phi) is 5.37. The molecule has 1 N–H and O–H groups in total. The third-order valence-electron chi connectivity index (χ3n) is 5.44. The van der Waals surface area contributed by atoms with Crippen molar-refractivity contribution < 1.29 is 9.84 Å². The maximum absolute atomic E-state index is 11.1. The number of hydrogen-bond donors (Lipinski definition) is 1. The van der Waals surface area contributed by atoms with Gasteiger partial charge in [-0.05, 0) is 43.5 Å². The van der Waals surface area contributed by atoms with E-state index in [-0.39, 0.29) is 0 Å². The highest BCUT2D eigenvalue weighted by Crippen LogP contribution is 2.33. The monoisotopic (exact) mass is 362 g/mol. The summed E-state index contributed by atoms with van der Waals surface area (Å²) in [5.74, 6) is 0.925. The van der Waals surface area contributed by atoms with Crippen molar-refractivity contribution in [3.8, 4) is 5.75 Å². The van der Waals surface area contributed by atoms with Crippen molar-refractivity contribution in [2.75, 3.05) is 26.2 Å². The molecule has 27 heavy (non-hydrogen) atoms. The molecule has 140 valence electrons. The fourth-order valence-electron chi connectivity index (χ4n) is 3.76. The van der Waals surface area contributed by atoms with Gasteiger partial charge in [0.2, 0.25) is 0 Å². The Bertz CT molecular complexity index is 874. The predicted octanol–water partition coefficient (Wildman–Crippen LogP) is 3.99. The quantitative estimate of drug-likeness (QED) is 0.674. The molecule has 0 saturated carbocycles. The molecule has 0 unspecified atom stereocenters. The summed E-state index contributed by atoms with van der Waals surface area (Å²) >= 11 is 0. The van der Waals surface area contributed by atoms with Crippen molar-refractivity contribution in [2.45, 2.75) is 24.9 Å². The molecule has 0 bridgehead atoms. The van der Waals surface area contributed by atoms with Gasteiger partial charge in [0, 0.05) is 36.8 Å². The average molecular weight is 362 g/mol. The van der Waals surface area contributed by atoms with Crippen molar-refractivity contribution in [1.82, 2.24) is 9.88 Å². The molecule has 1 fully saturated rings. The molecule has 1 aliphatic heterocycles. The molecule has 0 spiro atoms. The zero-order valence-electron chi connectivity index (χ0n) is 15.6. The SMILES string of the molecule is OC1(c2cnc3ccccc3c2)CCN(CCCOc2ccccc2)CC1. The first kappa shape index (κ1) is 18.0. The molecule has 1 aliphatic rings. The molecule has 3 aromatic rings. The minimum Gasteiger partial charge on any atom is -0.494 e. The van der Waals surface area contributed by atoms with Crippen molar-refractivity contribution in [1.29, 1.82) is 0 Å². The second-order valence-electron chi connectivity index (χ2n) is 7.30. The number of hydrogen-bond acceptors (Lipinski definition) is 4. The van der Waals surface area contributed by atoms with Gasteiger partial charge in [-0.1, -0.05) is 36.4 Å². The number of para-hydroxylation sites is 2. The number of nitrogens with zero attached hydrogens (tertiary/aromatic N) is 2. The summed E-state index contributed by atoms with van der Waals surface area (Å²) in [7, 11) is 0. The van der Waals surface area contributed by atoms with Gasteiger partial charge in [0.1, 0.15) is 5.75 Å². The second-order valence-corrected chi connectivity index (χ2v) is 7.30. The molecule has 2 heterocycles. The molecular weight excluding hydrogens is 336 g/mol. The molecular formula is C23H26N2O2. The Hall–Kier alpha value is -2.43. The Morgan fingerprint density at radius 2 is 1.74 bits per heavy atom. The number of piperidine rings is 1. The van der Waals surface area contributed by atoms with Gasteiger partial charge >= 0.3 is 0 Å². The van der Waals surface area contributed by atoms with E-state index in [2.05, 4.69) is 22.0 Å². The number of fused-ring (bicyclic) bond motifs is 1. The lowest BCUT2D eigenvalue weighted by molar-refractivity contribution is -0.0266. The lowest BCUT2D eigenvalue weighted by atomic mass is 9.85. The van der Waals surface area contributed by atoms with E-state index in [1.165, 1.54) is 0 Å². The largest absolute Gasteiger partial charge is 0.494 e. The topological polar surface area (TPSA) is 45.6 Å². The van der Waals surface area contributed by atoms with Crippen molar-refractivity contribution in [3.05, 3.63) is 72.4 Å². The third kappa shape index (κ3) is 4.29. The highest BCUT2D eigenvalue weighted by molar-refractivity contribution is 5.78. The van der Waals surface area contributed by atoms with Gasteiger partial charge < -0.3 is 14.7 Å². The Morgan fingerprint density at radius 3 is 2.56 bits per heavy atom. The lowest BCUT2D eigenvalue weighted by Crippen LogP contribution is -2.43. The minimum atomic E-state index is -0.770. The summed E-state index contributed by atoms with van der Waals surface area (Å²) in [5, 5.41) is 12.2. The molecule has 4 heteroatoms.